The SMILES string of the molecule is O=C(O)C1C=Nc2c(cc(F)cc2[N+](=O)[O-])C1=O. The van der Waals surface area contributed by atoms with E-state index in [-0.39, 0.29) is 5.69 Å². The van der Waals surface area contributed by atoms with E-state index in [2.05, 4.69) is 4.99 Å². The molecule has 0 bridgehead atoms. The number of ketones is 1. The zero-order valence-electron chi connectivity index (χ0n) is 8.66. The van der Waals surface area contributed by atoms with Crippen molar-refractivity contribution in [1.82, 2.24) is 0 Å². The number of carboxylic acids is 1. The topological polar surface area (TPSA) is 110 Å². The molecule has 92 valence electrons. The van der Waals surface area contributed by atoms with Crippen LogP contribution in [0.25, 0.3) is 0 Å². The number of benzene rings is 1. The van der Waals surface area contributed by atoms with Crippen molar-refractivity contribution in [1.29, 1.82) is 0 Å². The number of aliphatic imine (C=N–C) groups is 1. The van der Waals surface area contributed by atoms with E-state index in [4.69, 9.17) is 5.11 Å². The van der Waals surface area contributed by atoms with Gasteiger partial charge in [-0.15, -0.1) is 0 Å². The first-order chi connectivity index (χ1) is 8.41. The summed E-state index contributed by atoms with van der Waals surface area (Å²) < 4.78 is 13.2. The number of fused-ring (bicyclic) bond motifs is 1. The van der Waals surface area contributed by atoms with Crippen molar-refractivity contribution < 1.29 is 24.0 Å². The van der Waals surface area contributed by atoms with Gasteiger partial charge in [-0.1, -0.05) is 0 Å². The molecule has 1 aliphatic heterocycles. The highest BCUT2D eigenvalue weighted by Gasteiger charge is 2.34. The van der Waals surface area contributed by atoms with E-state index in [1.54, 1.807) is 0 Å². The number of halogens is 1. The molecule has 0 amide bonds. The van der Waals surface area contributed by atoms with Gasteiger partial charge in [0.15, 0.2) is 17.4 Å². The maximum absolute atomic E-state index is 13.2. The number of hydrogen-bond donors (Lipinski definition) is 1. The van der Waals surface area contributed by atoms with E-state index in [1.165, 1.54) is 0 Å². The van der Waals surface area contributed by atoms with Crippen molar-refractivity contribution >= 4 is 29.3 Å². The minimum Gasteiger partial charge on any atom is -0.480 e. The Morgan fingerprint density at radius 2 is 2.17 bits per heavy atom. The molecule has 0 spiro atoms. The Bertz CT molecular complexity index is 611. The molecule has 1 aromatic carbocycles. The van der Waals surface area contributed by atoms with Crippen molar-refractivity contribution in [2.45, 2.75) is 0 Å². The number of hydrogen-bond acceptors (Lipinski definition) is 5. The zero-order valence-corrected chi connectivity index (χ0v) is 8.66. The number of rotatable bonds is 2. The highest BCUT2D eigenvalue weighted by molar-refractivity contribution is 6.22. The van der Waals surface area contributed by atoms with Crippen LogP contribution in [0.5, 0.6) is 0 Å². The molecule has 1 N–H and O–H groups in total. The number of carboxylic acid groups (broad SMARTS) is 1. The van der Waals surface area contributed by atoms with Crippen LogP contribution in [-0.2, 0) is 4.79 Å². The van der Waals surface area contributed by atoms with E-state index < -0.39 is 39.7 Å². The summed E-state index contributed by atoms with van der Waals surface area (Å²) in [6.45, 7) is 0. The quantitative estimate of drug-likeness (QED) is 0.485. The fourth-order valence-electron chi connectivity index (χ4n) is 1.61. The molecule has 0 aromatic heterocycles. The standard InChI is InChI=1S/C10H5FN2O5/c11-4-1-5-8(7(2-4)13(17)18)12-3-6(9(5)14)10(15)16/h1-3,6H,(H,15,16). The zero-order chi connectivity index (χ0) is 13.4. The largest absolute Gasteiger partial charge is 0.480 e. The van der Waals surface area contributed by atoms with Gasteiger partial charge in [0, 0.05) is 6.21 Å². The first-order valence-corrected chi connectivity index (χ1v) is 4.71. The number of Topliss-reactive ketones (excluding diaryl/α,β-unsaturated/α-hetero) is 1. The second-order valence-corrected chi connectivity index (χ2v) is 3.54. The van der Waals surface area contributed by atoms with Gasteiger partial charge in [0.25, 0.3) is 5.69 Å². The van der Waals surface area contributed by atoms with Gasteiger partial charge in [-0.2, -0.15) is 0 Å². The number of carbonyl (C=O) groups is 2. The lowest BCUT2D eigenvalue weighted by Crippen LogP contribution is -2.27. The number of nitro benzene ring substituents is 1. The van der Waals surface area contributed by atoms with E-state index >= 15 is 0 Å². The molecule has 18 heavy (non-hydrogen) atoms. The van der Waals surface area contributed by atoms with Gasteiger partial charge >= 0.3 is 5.97 Å². The minimum atomic E-state index is -1.54. The fraction of sp³-hybridized carbons (Fsp3) is 0.100. The Morgan fingerprint density at radius 1 is 1.50 bits per heavy atom. The Balaban J connectivity index is 2.66. The van der Waals surface area contributed by atoms with Crippen LogP contribution in [0, 0.1) is 21.8 Å². The van der Waals surface area contributed by atoms with Crippen LogP contribution < -0.4 is 0 Å². The highest BCUT2D eigenvalue weighted by atomic mass is 19.1. The van der Waals surface area contributed by atoms with Crippen LogP contribution >= 0.6 is 0 Å². The van der Waals surface area contributed by atoms with Crippen molar-refractivity contribution in [2.24, 2.45) is 10.9 Å². The van der Waals surface area contributed by atoms with Gasteiger partial charge in [-0.25, -0.2) is 4.39 Å². The third-order valence-corrected chi connectivity index (χ3v) is 2.42. The maximum atomic E-state index is 13.2. The molecule has 1 atom stereocenters. The number of nitrogens with zero attached hydrogens (tertiary/aromatic N) is 2. The number of nitro groups is 1. The van der Waals surface area contributed by atoms with Gasteiger partial charge in [0.2, 0.25) is 0 Å². The van der Waals surface area contributed by atoms with E-state index in [1.807, 2.05) is 0 Å². The number of aliphatic carboxylic acids is 1. The molecule has 0 fully saturated rings. The molecule has 2 rings (SSSR count). The first-order valence-electron chi connectivity index (χ1n) is 4.71. The van der Waals surface area contributed by atoms with Crippen LogP contribution in [0.1, 0.15) is 10.4 Å². The molecule has 7 nitrogen and oxygen atoms in total. The first kappa shape index (κ1) is 11.8. The Kier molecular flexibility index (Phi) is 2.62. The molecule has 0 saturated carbocycles. The summed E-state index contributed by atoms with van der Waals surface area (Å²) in [6.07, 6.45) is 0.803. The van der Waals surface area contributed by atoms with E-state index in [0.717, 1.165) is 12.3 Å². The summed E-state index contributed by atoms with van der Waals surface area (Å²) in [7, 11) is 0. The Hall–Kier alpha value is -2.64. The predicted octanol–water partition coefficient (Wildman–Crippen LogP) is 1.33. The molecule has 1 aliphatic rings. The summed E-state index contributed by atoms with van der Waals surface area (Å²) >= 11 is 0. The van der Waals surface area contributed by atoms with Crippen molar-refractivity contribution in [3.63, 3.8) is 0 Å². The van der Waals surface area contributed by atoms with Crippen LogP contribution in [-0.4, -0.2) is 28.0 Å². The van der Waals surface area contributed by atoms with Gasteiger partial charge < -0.3 is 5.11 Å². The lowest BCUT2D eigenvalue weighted by atomic mass is 9.94. The van der Waals surface area contributed by atoms with Crippen molar-refractivity contribution in [3.05, 3.63) is 33.6 Å². The molecule has 1 aromatic rings. The summed E-state index contributed by atoms with van der Waals surface area (Å²) in [5.74, 6) is -4.90. The highest BCUT2D eigenvalue weighted by Crippen LogP contribution is 2.36. The third-order valence-electron chi connectivity index (χ3n) is 2.42. The van der Waals surface area contributed by atoms with E-state index in [9.17, 15) is 24.1 Å². The molecule has 0 saturated heterocycles. The second kappa shape index (κ2) is 3.99. The minimum absolute atomic E-state index is 0.316. The summed E-state index contributed by atoms with van der Waals surface area (Å²) in [4.78, 5) is 35.8. The van der Waals surface area contributed by atoms with Crippen LogP contribution in [0.3, 0.4) is 0 Å². The summed E-state index contributed by atoms with van der Waals surface area (Å²) in [5.41, 5.74) is -1.38. The Labute approximate surface area is 98.7 Å². The summed E-state index contributed by atoms with van der Waals surface area (Å²) in [5, 5.41) is 19.4. The van der Waals surface area contributed by atoms with Crippen LogP contribution in [0.2, 0.25) is 0 Å². The molecule has 1 unspecified atom stereocenters. The monoisotopic (exact) mass is 252 g/mol. The molecular formula is C10H5FN2O5. The normalized spacial score (nSPS) is 17.4. The fourth-order valence-corrected chi connectivity index (χ4v) is 1.61. The third kappa shape index (κ3) is 1.73. The maximum Gasteiger partial charge on any atom is 0.319 e. The van der Waals surface area contributed by atoms with Crippen LogP contribution in [0.15, 0.2) is 17.1 Å². The smallest absolute Gasteiger partial charge is 0.319 e. The average Bonchev–Trinajstić information content (AvgIpc) is 2.28. The average molecular weight is 252 g/mol. The van der Waals surface area contributed by atoms with Crippen LogP contribution in [0.4, 0.5) is 15.8 Å². The lowest BCUT2D eigenvalue weighted by molar-refractivity contribution is -0.384. The van der Waals surface area contributed by atoms with E-state index in [0.29, 0.717) is 6.07 Å². The van der Waals surface area contributed by atoms with Crippen molar-refractivity contribution in [2.75, 3.05) is 0 Å². The van der Waals surface area contributed by atoms with Gasteiger partial charge in [-0.3, -0.25) is 24.7 Å². The lowest BCUT2D eigenvalue weighted by Gasteiger charge is -2.13. The molecule has 8 heteroatoms. The number of carbonyl (C=O) groups excluding carboxylic acids is 1. The van der Waals surface area contributed by atoms with Crippen molar-refractivity contribution in [3.8, 4) is 0 Å². The molecule has 0 radical (unpaired) electrons. The second-order valence-electron chi connectivity index (χ2n) is 3.54. The molecular weight excluding hydrogens is 247 g/mol. The van der Waals surface area contributed by atoms with Gasteiger partial charge in [-0.05, 0) is 6.07 Å². The Morgan fingerprint density at radius 3 is 2.72 bits per heavy atom. The predicted molar refractivity (Wildman–Crippen MR) is 56.7 cm³/mol. The molecule has 0 aliphatic carbocycles. The van der Waals surface area contributed by atoms with Gasteiger partial charge in [0.1, 0.15) is 5.82 Å². The molecule has 1 heterocycles. The van der Waals surface area contributed by atoms with Gasteiger partial charge in [0.05, 0.1) is 16.6 Å². The summed E-state index contributed by atoms with van der Waals surface area (Å²) in [6, 6.07) is 1.38.